The monoisotopic (exact) mass is 786 g/mol. The summed E-state index contributed by atoms with van der Waals surface area (Å²) in [5, 5.41) is 33.4. The third-order valence-electron chi connectivity index (χ3n) is 10.2. The fourth-order valence-corrected chi connectivity index (χ4v) is 6.31. The molecule has 2 heterocycles. The van der Waals surface area contributed by atoms with Gasteiger partial charge >= 0.3 is 23.9 Å². The lowest BCUT2D eigenvalue weighted by atomic mass is 9.76. The number of aliphatic hydroxyl groups is 3. The molecule has 0 unspecified atom stereocenters. The van der Waals surface area contributed by atoms with Crippen LogP contribution in [-0.2, 0) is 57.1 Å². The first-order valence-corrected chi connectivity index (χ1v) is 19.4. The van der Waals surface area contributed by atoms with Gasteiger partial charge in [-0.1, -0.05) is 54.0 Å². The topological polar surface area (TPSA) is 203 Å². The number of esters is 4. The van der Waals surface area contributed by atoms with E-state index in [-0.39, 0.29) is 50.9 Å². The van der Waals surface area contributed by atoms with Crippen LogP contribution in [0.15, 0.2) is 23.8 Å². The second-order valence-electron chi connectivity index (χ2n) is 15.5. The maximum atomic E-state index is 13.2. The summed E-state index contributed by atoms with van der Waals surface area (Å²) in [6.07, 6.45) is -0.406. The largest absolute Gasteiger partial charge is 0.466 e. The maximum Gasteiger partial charge on any atom is 0.330 e. The Morgan fingerprint density at radius 1 is 1.09 bits per heavy atom. The van der Waals surface area contributed by atoms with E-state index in [0.29, 0.717) is 13.0 Å². The van der Waals surface area contributed by atoms with Gasteiger partial charge in [-0.2, -0.15) is 0 Å². The van der Waals surface area contributed by atoms with Crippen molar-refractivity contribution in [2.45, 2.75) is 161 Å². The molecule has 0 aromatic heterocycles. The third-order valence-corrected chi connectivity index (χ3v) is 10.2. The average molecular weight is 787 g/mol. The third kappa shape index (κ3) is 14.8. The molecule has 55 heavy (non-hydrogen) atoms. The van der Waals surface area contributed by atoms with Gasteiger partial charge < -0.3 is 53.2 Å². The van der Waals surface area contributed by atoms with Crippen LogP contribution in [0.3, 0.4) is 0 Å². The molecule has 0 saturated carbocycles. The van der Waals surface area contributed by atoms with Crippen LogP contribution in [0.5, 0.6) is 0 Å². The number of rotatable bonds is 11. The average Bonchev–Trinajstić information content (AvgIpc) is 3.14. The van der Waals surface area contributed by atoms with E-state index in [1.165, 1.54) is 14.2 Å². The van der Waals surface area contributed by atoms with Gasteiger partial charge in [0.25, 0.3) is 0 Å². The minimum Gasteiger partial charge on any atom is -0.466 e. The molecule has 2 rings (SSSR count). The number of fused-ring (bicyclic) bond motifs is 2. The van der Waals surface area contributed by atoms with Crippen molar-refractivity contribution in [3.8, 4) is 0 Å². The number of cyclic esters (lactones) is 2. The Labute approximate surface area is 326 Å². The van der Waals surface area contributed by atoms with E-state index in [1.54, 1.807) is 53.7 Å². The van der Waals surface area contributed by atoms with Gasteiger partial charge in [-0.15, -0.1) is 0 Å². The summed E-state index contributed by atoms with van der Waals surface area (Å²) in [5.41, 5.74) is -2.04. The van der Waals surface area contributed by atoms with E-state index in [2.05, 4.69) is 0 Å². The van der Waals surface area contributed by atoms with Crippen molar-refractivity contribution in [3.05, 3.63) is 23.8 Å². The van der Waals surface area contributed by atoms with Gasteiger partial charge in [0.2, 0.25) is 5.79 Å². The molecule has 316 valence electrons. The number of methoxy groups -OCH3 is 2. The van der Waals surface area contributed by atoms with E-state index < -0.39 is 96.2 Å². The normalized spacial score (nSPS) is 31.2. The van der Waals surface area contributed by atoms with Crippen LogP contribution in [0.25, 0.3) is 0 Å². The smallest absolute Gasteiger partial charge is 0.330 e. The second kappa shape index (κ2) is 22.7. The van der Waals surface area contributed by atoms with Crippen LogP contribution in [0.2, 0.25) is 0 Å². The zero-order chi connectivity index (χ0) is 41.4. The summed E-state index contributed by atoms with van der Waals surface area (Å²) in [5.74, 6) is -5.21. The molecule has 2 aliphatic rings. The highest BCUT2D eigenvalue weighted by Gasteiger charge is 2.53. The molecule has 1 fully saturated rings. The highest BCUT2D eigenvalue weighted by molar-refractivity contribution is 5.83. The summed E-state index contributed by atoms with van der Waals surface area (Å²) in [7, 11) is 2.45. The molecule has 15 heteroatoms. The molecular weight excluding hydrogens is 720 g/mol. The van der Waals surface area contributed by atoms with Crippen molar-refractivity contribution < 1.29 is 72.4 Å². The molecule has 0 spiro atoms. The summed E-state index contributed by atoms with van der Waals surface area (Å²) < 4.78 is 46.2. The Morgan fingerprint density at radius 2 is 1.76 bits per heavy atom. The minimum absolute atomic E-state index is 0.0386. The number of ether oxygens (including phenoxy) is 8. The molecule has 0 radical (unpaired) electrons. The van der Waals surface area contributed by atoms with Crippen molar-refractivity contribution >= 4 is 23.9 Å². The maximum absolute atomic E-state index is 13.2. The van der Waals surface area contributed by atoms with Crippen molar-refractivity contribution in [2.75, 3.05) is 34.0 Å². The number of carbonyl (C=O) groups is 4. The lowest BCUT2D eigenvalue weighted by molar-refractivity contribution is -0.283. The van der Waals surface area contributed by atoms with Gasteiger partial charge in [0.1, 0.15) is 12.2 Å². The van der Waals surface area contributed by atoms with Crippen molar-refractivity contribution in [1.29, 1.82) is 0 Å². The first kappa shape index (κ1) is 48.2. The molecule has 3 N–H and O–H groups in total. The summed E-state index contributed by atoms with van der Waals surface area (Å²) in [6, 6.07) is 0. The zero-order valence-electron chi connectivity index (χ0n) is 34.2. The molecule has 0 aromatic rings. The first-order valence-electron chi connectivity index (χ1n) is 19.4. The van der Waals surface area contributed by atoms with Crippen LogP contribution in [-0.4, -0.2) is 122 Å². The zero-order valence-corrected chi connectivity index (χ0v) is 34.2. The molecule has 2 bridgehead atoms. The van der Waals surface area contributed by atoms with Crippen LogP contribution >= 0.6 is 0 Å². The summed E-state index contributed by atoms with van der Waals surface area (Å²) >= 11 is 0. The highest BCUT2D eigenvalue weighted by atomic mass is 16.7. The molecule has 0 aromatic carbocycles. The quantitative estimate of drug-likeness (QED) is 0.0671. The van der Waals surface area contributed by atoms with Crippen molar-refractivity contribution in [3.63, 3.8) is 0 Å². The van der Waals surface area contributed by atoms with Gasteiger partial charge in [-0.3, -0.25) is 14.4 Å². The molecule has 0 amide bonds. The van der Waals surface area contributed by atoms with Crippen LogP contribution in [0, 0.1) is 10.8 Å². The highest BCUT2D eigenvalue weighted by Crippen LogP contribution is 2.42. The second-order valence-corrected chi connectivity index (χ2v) is 15.5. The summed E-state index contributed by atoms with van der Waals surface area (Å²) in [6.45, 7) is 12.5. The van der Waals surface area contributed by atoms with Gasteiger partial charge in [0.15, 0.2) is 12.4 Å². The van der Waals surface area contributed by atoms with Gasteiger partial charge in [-0.05, 0) is 50.7 Å². The molecule has 15 nitrogen and oxygen atoms in total. The van der Waals surface area contributed by atoms with Crippen LogP contribution < -0.4 is 0 Å². The van der Waals surface area contributed by atoms with E-state index >= 15 is 0 Å². The Bertz CT molecular complexity index is 1290. The number of carbonyl (C=O) groups excluding carboxylic acids is 4. The van der Waals surface area contributed by atoms with Crippen molar-refractivity contribution in [1.82, 2.24) is 0 Å². The lowest BCUT2D eigenvalue weighted by Crippen LogP contribution is -2.57. The van der Waals surface area contributed by atoms with Crippen molar-refractivity contribution in [2.24, 2.45) is 10.8 Å². The molecule has 0 aliphatic carbocycles. The predicted octanol–water partition coefficient (Wildman–Crippen LogP) is 4.22. The fraction of sp³-hybridized carbons (Fsp3) is 0.800. The van der Waals surface area contributed by atoms with E-state index in [9.17, 15) is 34.5 Å². The predicted molar refractivity (Wildman–Crippen MR) is 199 cm³/mol. The Hall–Kier alpha value is -2.92. The van der Waals surface area contributed by atoms with Gasteiger partial charge in [-0.25, -0.2) is 4.79 Å². The number of unbranched alkanes of at least 4 members (excludes halogenated alkanes) is 1. The minimum atomic E-state index is -2.26. The fourth-order valence-electron chi connectivity index (χ4n) is 6.31. The van der Waals surface area contributed by atoms with E-state index in [4.69, 9.17) is 37.9 Å². The van der Waals surface area contributed by atoms with Crippen LogP contribution in [0.1, 0.15) is 113 Å². The molecule has 1 saturated heterocycles. The van der Waals surface area contributed by atoms with Gasteiger partial charge in [0.05, 0.1) is 51.5 Å². The molecule has 8 atom stereocenters. The molecule has 2 aliphatic heterocycles. The Balaban J connectivity index is 2.68. The van der Waals surface area contributed by atoms with E-state index in [0.717, 1.165) is 18.9 Å². The summed E-state index contributed by atoms with van der Waals surface area (Å²) in [4.78, 5) is 52.0. The first-order chi connectivity index (χ1) is 25.9. The lowest BCUT2D eigenvalue weighted by Gasteiger charge is -2.45. The number of hydrogen-bond donors (Lipinski definition) is 3. The molecular formula is C40H66O15. The van der Waals surface area contributed by atoms with Gasteiger partial charge in [0, 0.05) is 43.5 Å². The van der Waals surface area contributed by atoms with Crippen LogP contribution in [0.4, 0.5) is 0 Å². The Morgan fingerprint density at radius 3 is 2.36 bits per heavy atom. The standard InChI is InChI=1S/C40H66O15/c1-10-12-19-50-26(3)30-15-13-14-27(21-33(44)48-8)37(55-32(43)11-2)40(47,49-9)39(6,7)18-16-36-51-20-17-29(52-36)24-31(38(4,5)25-41)54-35(46)23-28(42)22-34(45)53-30/h16,18,21,26,28-31,36-37,41-42,47H,10-15,17,19-20,22-25H2,1-9H3/b18-16+,27-21+/t26-,28+,29+,30-,31+,36+,37+,40-/m1/s1. The van der Waals surface area contributed by atoms with E-state index in [1.807, 2.05) is 6.92 Å². The number of hydrogen-bond acceptors (Lipinski definition) is 15. The Kier molecular flexibility index (Phi) is 19.9. The number of aliphatic hydroxyl groups excluding tert-OH is 2. The SMILES string of the molecule is CCCCO[C@H](C)[C@H]1CCC/C(=C\C(=O)OC)[C@H](OC(=O)CC)[C@@](O)(OC)C(C)(C)/C=C/[C@H]2OCC[C@@H](C[C@@H](C(C)(C)CO)OC(=O)C[C@@H](O)CC(=O)O1)O2.